The molecule has 0 spiro atoms. The van der Waals surface area contributed by atoms with E-state index in [1.54, 1.807) is 16.8 Å². The van der Waals surface area contributed by atoms with Crippen molar-refractivity contribution in [2.75, 3.05) is 5.32 Å². The highest BCUT2D eigenvalue weighted by atomic mass is 19.1. The maximum absolute atomic E-state index is 13.5. The van der Waals surface area contributed by atoms with Crippen LogP contribution in [0.3, 0.4) is 0 Å². The minimum absolute atomic E-state index is 0.217. The van der Waals surface area contributed by atoms with Crippen molar-refractivity contribution in [3.63, 3.8) is 0 Å². The van der Waals surface area contributed by atoms with Crippen LogP contribution >= 0.6 is 0 Å². The molecule has 0 unspecified atom stereocenters. The predicted octanol–water partition coefficient (Wildman–Crippen LogP) is 6.08. The van der Waals surface area contributed by atoms with Gasteiger partial charge in [0.15, 0.2) is 0 Å². The average molecular weight is 458 g/mol. The largest absolute Gasteiger partial charge is 0.489 e. The molecule has 0 radical (unpaired) electrons. The normalized spacial score (nSPS) is 10.8. The number of nitrogens with one attached hydrogen (secondary N) is 1. The lowest BCUT2D eigenvalue weighted by atomic mass is 10.1. The van der Waals surface area contributed by atoms with E-state index in [2.05, 4.69) is 29.5 Å². The maximum Gasteiger partial charge on any atom is 0.255 e. The average Bonchev–Trinajstić information content (AvgIpc) is 3.10. The van der Waals surface area contributed by atoms with Crippen LogP contribution in [0.25, 0.3) is 0 Å². The first-order valence-electron chi connectivity index (χ1n) is 11.3. The van der Waals surface area contributed by atoms with E-state index < -0.39 is 0 Å². The van der Waals surface area contributed by atoms with Gasteiger partial charge >= 0.3 is 0 Å². The van der Waals surface area contributed by atoms with E-state index in [1.165, 1.54) is 17.7 Å². The van der Waals surface area contributed by atoms with Gasteiger partial charge in [-0.1, -0.05) is 43.3 Å². The molecule has 0 atom stereocenters. The van der Waals surface area contributed by atoms with Crippen molar-refractivity contribution < 1.29 is 13.9 Å². The molecule has 0 fully saturated rings. The van der Waals surface area contributed by atoms with Gasteiger partial charge in [0.2, 0.25) is 0 Å². The fourth-order valence-electron chi connectivity index (χ4n) is 3.82. The van der Waals surface area contributed by atoms with Crippen LogP contribution in [0, 0.1) is 19.7 Å². The molecule has 3 aromatic carbocycles. The lowest BCUT2D eigenvalue weighted by Crippen LogP contribution is -2.14. The Balaban J connectivity index is 1.44. The number of aryl methyl sites for hydroxylation is 2. The van der Waals surface area contributed by atoms with Gasteiger partial charge in [0.05, 0.1) is 23.6 Å². The summed E-state index contributed by atoms with van der Waals surface area (Å²) in [6.07, 6.45) is 0.986. The molecule has 0 saturated carbocycles. The van der Waals surface area contributed by atoms with E-state index in [0.29, 0.717) is 30.1 Å². The van der Waals surface area contributed by atoms with Crippen LogP contribution < -0.4 is 10.1 Å². The number of anilines is 1. The number of halogens is 1. The lowest BCUT2D eigenvalue weighted by Gasteiger charge is -2.10. The molecule has 4 rings (SSSR count). The SMILES string of the molecule is CCc1ccc(OCc2cccc(C(=O)Nc3c(C)nn(Cc4cccc(F)c4)c3C)c2)cc1. The second kappa shape index (κ2) is 10.3. The van der Waals surface area contributed by atoms with Crippen LogP contribution in [-0.4, -0.2) is 15.7 Å². The van der Waals surface area contributed by atoms with Crippen LogP contribution in [0.5, 0.6) is 5.75 Å². The monoisotopic (exact) mass is 457 g/mol. The zero-order valence-corrected chi connectivity index (χ0v) is 19.6. The molecule has 1 N–H and O–H groups in total. The van der Waals surface area contributed by atoms with Gasteiger partial charge in [0.25, 0.3) is 5.91 Å². The summed E-state index contributed by atoms with van der Waals surface area (Å²) in [5.74, 6) is 0.295. The smallest absolute Gasteiger partial charge is 0.255 e. The summed E-state index contributed by atoms with van der Waals surface area (Å²) in [4.78, 5) is 13.0. The maximum atomic E-state index is 13.5. The highest BCUT2D eigenvalue weighted by Gasteiger charge is 2.16. The van der Waals surface area contributed by atoms with E-state index in [4.69, 9.17) is 4.74 Å². The Hall–Kier alpha value is -3.93. The minimum Gasteiger partial charge on any atom is -0.489 e. The second-order valence-corrected chi connectivity index (χ2v) is 8.27. The van der Waals surface area contributed by atoms with Gasteiger partial charge in [-0.3, -0.25) is 9.48 Å². The van der Waals surface area contributed by atoms with Gasteiger partial charge < -0.3 is 10.1 Å². The van der Waals surface area contributed by atoms with Gasteiger partial charge in [-0.15, -0.1) is 0 Å². The number of rotatable bonds is 8. The molecule has 1 heterocycles. The lowest BCUT2D eigenvalue weighted by molar-refractivity contribution is 0.102. The molecule has 34 heavy (non-hydrogen) atoms. The highest BCUT2D eigenvalue weighted by molar-refractivity contribution is 6.05. The van der Waals surface area contributed by atoms with Crippen LogP contribution in [0.15, 0.2) is 72.8 Å². The Morgan fingerprint density at radius 2 is 1.71 bits per heavy atom. The molecule has 0 aliphatic heterocycles. The third-order valence-corrected chi connectivity index (χ3v) is 5.77. The molecule has 6 heteroatoms. The van der Waals surface area contributed by atoms with Crippen molar-refractivity contribution in [2.45, 2.75) is 40.3 Å². The standard InChI is InChI=1S/C28H28FN3O2/c1-4-21-11-13-26(14-12-21)34-18-23-8-5-9-24(15-23)28(33)30-27-19(2)31-32(20(27)3)17-22-7-6-10-25(29)16-22/h5-16H,4,17-18H2,1-3H3,(H,30,33). The number of hydrogen-bond acceptors (Lipinski definition) is 3. The number of benzene rings is 3. The Bertz CT molecular complexity index is 1300. The molecular formula is C28H28FN3O2. The first kappa shape index (κ1) is 23.2. The molecule has 5 nitrogen and oxygen atoms in total. The number of amides is 1. The zero-order valence-electron chi connectivity index (χ0n) is 19.6. The first-order valence-corrected chi connectivity index (χ1v) is 11.3. The third kappa shape index (κ3) is 5.52. The third-order valence-electron chi connectivity index (χ3n) is 5.77. The Kier molecular flexibility index (Phi) is 7.07. The van der Waals surface area contributed by atoms with E-state index >= 15 is 0 Å². The first-order chi connectivity index (χ1) is 16.4. The molecular weight excluding hydrogens is 429 g/mol. The summed E-state index contributed by atoms with van der Waals surface area (Å²) in [5.41, 5.74) is 5.69. The molecule has 0 aliphatic rings. The molecule has 0 bridgehead atoms. The zero-order chi connectivity index (χ0) is 24.1. The van der Waals surface area contributed by atoms with E-state index in [-0.39, 0.29) is 11.7 Å². The number of nitrogens with zero attached hydrogens (tertiary/aromatic N) is 2. The predicted molar refractivity (Wildman–Crippen MR) is 132 cm³/mol. The number of aromatic nitrogens is 2. The number of carbonyl (C=O) groups excluding carboxylic acids is 1. The molecule has 174 valence electrons. The van der Waals surface area contributed by atoms with Gasteiger partial charge in [0.1, 0.15) is 18.2 Å². The van der Waals surface area contributed by atoms with Gasteiger partial charge in [-0.2, -0.15) is 5.10 Å². The van der Waals surface area contributed by atoms with Crippen molar-refractivity contribution in [2.24, 2.45) is 0 Å². The van der Waals surface area contributed by atoms with Crippen molar-refractivity contribution in [1.82, 2.24) is 9.78 Å². The van der Waals surface area contributed by atoms with Gasteiger partial charge in [-0.25, -0.2) is 4.39 Å². The van der Waals surface area contributed by atoms with Crippen LogP contribution in [0.4, 0.5) is 10.1 Å². The summed E-state index contributed by atoms with van der Waals surface area (Å²) in [6, 6.07) is 21.8. The topological polar surface area (TPSA) is 56.1 Å². The molecule has 1 amide bonds. The van der Waals surface area contributed by atoms with Crippen molar-refractivity contribution in [3.8, 4) is 5.75 Å². The Morgan fingerprint density at radius 3 is 2.44 bits per heavy atom. The van der Waals surface area contributed by atoms with Gasteiger partial charge in [0, 0.05) is 5.56 Å². The highest BCUT2D eigenvalue weighted by Crippen LogP contribution is 2.22. The van der Waals surface area contributed by atoms with Crippen molar-refractivity contribution >= 4 is 11.6 Å². The fourth-order valence-corrected chi connectivity index (χ4v) is 3.82. The van der Waals surface area contributed by atoms with Crippen LogP contribution in [0.1, 0.15) is 45.4 Å². The van der Waals surface area contributed by atoms with Crippen LogP contribution in [0.2, 0.25) is 0 Å². The molecule has 0 aliphatic carbocycles. The minimum atomic E-state index is -0.283. The fraction of sp³-hybridized carbons (Fsp3) is 0.214. The van der Waals surface area contributed by atoms with Crippen molar-refractivity contribution in [3.05, 3.63) is 112 Å². The number of carbonyl (C=O) groups is 1. The number of ether oxygens (including phenoxy) is 1. The summed E-state index contributed by atoms with van der Waals surface area (Å²) in [7, 11) is 0. The summed E-state index contributed by atoms with van der Waals surface area (Å²) < 4.78 is 21.2. The Labute approximate surface area is 199 Å². The van der Waals surface area contributed by atoms with E-state index in [0.717, 1.165) is 29.0 Å². The molecule has 4 aromatic rings. The van der Waals surface area contributed by atoms with Crippen molar-refractivity contribution in [1.29, 1.82) is 0 Å². The number of hydrogen-bond donors (Lipinski definition) is 1. The van der Waals surface area contributed by atoms with E-state index in [9.17, 15) is 9.18 Å². The van der Waals surface area contributed by atoms with Gasteiger partial charge in [-0.05, 0) is 73.4 Å². The summed E-state index contributed by atoms with van der Waals surface area (Å²) >= 11 is 0. The summed E-state index contributed by atoms with van der Waals surface area (Å²) in [5, 5.41) is 7.52. The van der Waals surface area contributed by atoms with Crippen LogP contribution in [-0.2, 0) is 19.6 Å². The summed E-state index contributed by atoms with van der Waals surface area (Å²) in [6.45, 7) is 6.65. The van der Waals surface area contributed by atoms with E-state index in [1.807, 2.05) is 50.2 Å². The molecule has 1 aromatic heterocycles. The molecule has 0 saturated heterocycles. The Morgan fingerprint density at radius 1 is 0.971 bits per heavy atom. The second-order valence-electron chi connectivity index (χ2n) is 8.27. The quantitative estimate of drug-likeness (QED) is 0.349.